The second-order valence-electron chi connectivity index (χ2n) is 1.60. The van der Waals surface area contributed by atoms with Gasteiger partial charge in [-0.05, 0) is 30.1 Å². The summed E-state index contributed by atoms with van der Waals surface area (Å²) >= 11 is 6.71. The van der Waals surface area contributed by atoms with Gasteiger partial charge in [0.2, 0.25) is 4.47 Å². The van der Waals surface area contributed by atoms with Gasteiger partial charge in [0.05, 0.1) is 0 Å². The first kappa shape index (κ1) is 7.91. The SMILES string of the molecule is CCOCc1nsc(Cl)n1. The van der Waals surface area contributed by atoms with Crippen molar-refractivity contribution in [1.82, 2.24) is 9.36 Å². The van der Waals surface area contributed by atoms with Gasteiger partial charge in [0.15, 0.2) is 5.82 Å². The minimum atomic E-state index is 0.458. The Morgan fingerprint density at radius 2 is 2.50 bits per heavy atom. The molecule has 0 unspecified atom stereocenters. The summed E-state index contributed by atoms with van der Waals surface area (Å²) in [6, 6.07) is 0. The molecule has 56 valence electrons. The van der Waals surface area contributed by atoms with E-state index in [-0.39, 0.29) is 0 Å². The molecule has 1 heterocycles. The Balaban J connectivity index is 2.42. The van der Waals surface area contributed by atoms with E-state index in [0.717, 1.165) is 0 Å². The van der Waals surface area contributed by atoms with Crippen LogP contribution in [0, 0.1) is 0 Å². The van der Waals surface area contributed by atoms with Gasteiger partial charge < -0.3 is 4.74 Å². The molecule has 0 atom stereocenters. The lowest BCUT2D eigenvalue weighted by Crippen LogP contribution is -1.92. The molecule has 0 aliphatic heterocycles. The molecule has 0 amide bonds. The number of hydrogen-bond donors (Lipinski definition) is 0. The van der Waals surface area contributed by atoms with Crippen LogP contribution in [0.15, 0.2) is 0 Å². The summed E-state index contributed by atoms with van der Waals surface area (Å²) in [7, 11) is 0. The molecule has 0 aliphatic carbocycles. The molecule has 0 saturated heterocycles. The van der Waals surface area contributed by atoms with Crippen molar-refractivity contribution in [3.63, 3.8) is 0 Å². The largest absolute Gasteiger partial charge is 0.374 e. The van der Waals surface area contributed by atoms with Crippen LogP contribution >= 0.6 is 23.1 Å². The Labute approximate surface area is 68.2 Å². The van der Waals surface area contributed by atoms with Crippen LogP contribution in [0.4, 0.5) is 0 Å². The first-order valence-corrected chi connectivity index (χ1v) is 4.04. The van der Waals surface area contributed by atoms with E-state index >= 15 is 0 Å². The monoisotopic (exact) mass is 178 g/mol. The van der Waals surface area contributed by atoms with E-state index in [9.17, 15) is 0 Å². The predicted octanol–water partition coefficient (Wildman–Crippen LogP) is 1.73. The van der Waals surface area contributed by atoms with Crippen molar-refractivity contribution < 1.29 is 4.74 Å². The Morgan fingerprint density at radius 3 is 3.00 bits per heavy atom. The van der Waals surface area contributed by atoms with E-state index in [2.05, 4.69) is 9.36 Å². The van der Waals surface area contributed by atoms with Gasteiger partial charge in [0, 0.05) is 6.61 Å². The minimum Gasteiger partial charge on any atom is -0.374 e. The summed E-state index contributed by atoms with van der Waals surface area (Å²) in [5.41, 5.74) is 0. The van der Waals surface area contributed by atoms with E-state index in [1.165, 1.54) is 11.5 Å². The summed E-state index contributed by atoms with van der Waals surface area (Å²) < 4.78 is 9.45. The van der Waals surface area contributed by atoms with Crippen molar-refractivity contribution in [3.8, 4) is 0 Å². The summed E-state index contributed by atoms with van der Waals surface area (Å²) in [5.74, 6) is 0.664. The second kappa shape index (κ2) is 3.85. The van der Waals surface area contributed by atoms with Gasteiger partial charge in [0.25, 0.3) is 0 Å². The van der Waals surface area contributed by atoms with Crippen LogP contribution in [-0.4, -0.2) is 16.0 Å². The topological polar surface area (TPSA) is 35.0 Å². The van der Waals surface area contributed by atoms with Gasteiger partial charge in [-0.25, -0.2) is 4.98 Å². The van der Waals surface area contributed by atoms with Crippen LogP contribution in [0.25, 0.3) is 0 Å². The van der Waals surface area contributed by atoms with Crippen LogP contribution in [0.3, 0.4) is 0 Å². The summed E-state index contributed by atoms with van der Waals surface area (Å²) in [4.78, 5) is 3.90. The lowest BCUT2D eigenvalue weighted by molar-refractivity contribution is 0.129. The Bertz CT molecular complexity index is 203. The average Bonchev–Trinajstić information content (AvgIpc) is 2.31. The highest BCUT2D eigenvalue weighted by Gasteiger charge is 1.99. The number of ether oxygens (including phenoxy) is 1. The average molecular weight is 179 g/mol. The normalized spacial score (nSPS) is 10.2. The molecule has 0 bridgehead atoms. The van der Waals surface area contributed by atoms with Gasteiger partial charge in [0.1, 0.15) is 6.61 Å². The van der Waals surface area contributed by atoms with Gasteiger partial charge in [-0.3, -0.25) is 0 Å². The molecule has 0 spiro atoms. The van der Waals surface area contributed by atoms with Gasteiger partial charge in [-0.1, -0.05) is 0 Å². The van der Waals surface area contributed by atoms with Crippen LogP contribution < -0.4 is 0 Å². The lowest BCUT2D eigenvalue weighted by Gasteiger charge is -1.92. The van der Waals surface area contributed by atoms with Crippen LogP contribution in [0.1, 0.15) is 12.7 Å². The van der Waals surface area contributed by atoms with Crippen LogP contribution in [-0.2, 0) is 11.3 Å². The van der Waals surface area contributed by atoms with Crippen LogP contribution in [0.5, 0.6) is 0 Å². The van der Waals surface area contributed by atoms with Crippen molar-refractivity contribution >= 4 is 23.1 Å². The van der Waals surface area contributed by atoms with E-state index in [1.807, 2.05) is 6.92 Å². The first-order chi connectivity index (χ1) is 4.83. The van der Waals surface area contributed by atoms with Crippen molar-refractivity contribution in [2.45, 2.75) is 13.5 Å². The zero-order chi connectivity index (χ0) is 7.40. The Kier molecular flexibility index (Phi) is 3.05. The fourth-order valence-corrected chi connectivity index (χ4v) is 1.11. The zero-order valence-electron chi connectivity index (χ0n) is 5.50. The van der Waals surface area contributed by atoms with E-state index in [1.54, 1.807) is 0 Å². The second-order valence-corrected chi connectivity index (χ2v) is 2.93. The molecule has 0 aliphatic rings. The maximum Gasteiger partial charge on any atom is 0.203 e. The molecule has 10 heavy (non-hydrogen) atoms. The molecular formula is C5H7ClN2OS. The predicted molar refractivity (Wildman–Crippen MR) is 40.2 cm³/mol. The molecule has 0 N–H and O–H groups in total. The molecule has 1 aromatic rings. The third-order valence-corrected chi connectivity index (χ3v) is 1.71. The molecule has 1 aromatic heterocycles. The number of rotatable bonds is 3. The third-order valence-electron chi connectivity index (χ3n) is 0.879. The number of nitrogens with zero attached hydrogens (tertiary/aromatic N) is 2. The maximum absolute atomic E-state index is 5.53. The lowest BCUT2D eigenvalue weighted by atomic mass is 10.7. The standard InChI is InChI=1S/C5H7ClN2OS/c1-2-9-3-4-7-5(6)10-8-4/h2-3H2,1H3. The van der Waals surface area contributed by atoms with Gasteiger partial charge in [-0.2, -0.15) is 4.37 Å². The first-order valence-electron chi connectivity index (χ1n) is 2.88. The highest BCUT2D eigenvalue weighted by atomic mass is 35.5. The molecule has 0 radical (unpaired) electrons. The van der Waals surface area contributed by atoms with Gasteiger partial charge >= 0.3 is 0 Å². The third kappa shape index (κ3) is 2.21. The fraction of sp³-hybridized carbons (Fsp3) is 0.600. The van der Waals surface area contributed by atoms with Crippen LogP contribution in [0.2, 0.25) is 4.47 Å². The molecule has 0 saturated carbocycles. The number of halogens is 1. The highest BCUT2D eigenvalue weighted by molar-refractivity contribution is 7.10. The summed E-state index contributed by atoms with van der Waals surface area (Å²) in [6.07, 6.45) is 0. The summed E-state index contributed by atoms with van der Waals surface area (Å²) in [5, 5.41) is 0. The molecule has 3 nitrogen and oxygen atoms in total. The smallest absolute Gasteiger partial charge is 0.203 e. The highest BCUT2D eigenvalue weighted by Crippen LogP contribution is 2.10. The number of aromatic nitrogens is 2. The van der Waals surface area contributed by atoms with E-state index < -0.39 is 0 Å². The van der Waals surface area contributed by atoms with E-state index in [4.69, 9.17) is 16.3 Å². The quantitative estimate of drug-likeness (QED) is 0.707. The zero-order valence-corrected chi connectivity index (χ0v) is 7.08. The van der Waals surface area contributed by atoms with E-state index in [0.29, 0.717) is 23.5 Å². The maximum atomic E-state index is 5.53. The van der Waals surface area contributed by atoms with Gasteiger partial charge in [-0.15, -0.1) is 0 Å². The van der Waals surface area contributed by atoms with Crippen molar-refractivity contribution in [2.24, 2.45) is 0 Å². The van der Waals surface area contributed by atoms with Crippen molar-refractivity contribution in [2.75, 3.05) is 6.61 Å². The molecule has 1 rings (SSSR count). The van der Waals surface area contributed by atoms with Crippen molar-refractivity contribution in [3.05, 3.63) is 10.3 Å². The minimum absolute atomic E-state index is 0.458. The number of hydrogen-bond acceptors (Lipinski definition) is 4. The molecule has 0 fully saturated rings. The summed E-state index contributed by atoms with van der Waals surface area (Å²) in [6.45, 7) is 3.06. The Morgan fingerprint density at radius 1 is 1.70 bits per heavy atom. The Hall–Kier alpha value is -0.190. The fourth-order valence-electron chi connectivity index (χ4n) is 0.485. The molecule has 0 aromatic carbocycles. The van der Waals surface area contributed by atoms with Crippen molar-refractivity contribution in [1.29, 1.82) is 0 Å². The molecular weight excluding hydrogens is 172 g/mol. The molecule has 5 heteroatoms.